The topological polar surface area (TPSA) is 64.7 Å². The van der Waals surface area contributed by atoms with E-state index in [1.807, 2.05) is 6.92 Å². The van der Waals surface area contributed by atoms with Crippen molar-refractivity contribution in [1.82, 2.24) is 0 Å². The van der Waals surface area contributed by atoms with Crippen molar-refractivity contribution in [2.24, 2.45) is 11.7 Å². The van der Waals surface area contributed by atoms with Crippen molar-refractivity contribution < 1.29 is 14.6 Å². The van der Waals surface area contributed by atoms with Crippen LogP contribution < -0.4 is 5.73 Å². The summed E-state index contributed by atoms with van der Waals surface area (Å²) >= 11 is 0. The fourth-order valence-corrected chi connectivity index (χ4v) is 2.95. The van der Waals surface area contributed by atoms with Gasteiger partial charge in [-0.3, -0.25) is 0 Å². The molecule has 2 saturated heterocycles. The minimum atomic E-state index is -0.723. The summed E-state index contributed by atoms with van der Waals surface area (Å²) in [6, 6.07) is 0. The molecule has 0 bridgehead atoms. The van der Waals surface area contributed by atoms with Crippen LogP contribution in [0.2, 0.25) is 0 Å². The van der Waals surface area contributed by atoms with Crippen LogP contribution in [0.5, 0.6) is 0 Å². The lowest BCUT2D eigenvalue weighted by molar-refractivity contribution is -0.141. The predicted molar refractivity (Wildman–Crippen MR) is 61.1 cm³/mol. The Bertz CT molecular complexity index is 234. The minimum Gasteiger partial charge on any atom is -0.388 e. The Morgan fingerprint density at radius 3 is 2.88 bits per heavy atom. The summed E-state index contributed by atoms with van der Waals surface area (Å²) in [5.41, 5.74) is 4.85. The fourth-order valence-electron chi connectivity index (χ4n) is 2.95. The van der Waals surface area contributed by atoms with Gasteiger partial charge in [0, 0.05) is 26.2 Å². The van der Waals surface area contributed by atoms with E-state index in [4.69, 9.17) is 15.2 Å². The van der Waals surface area contributed by atoms with E-state index >= 15 is 0 Å². The van der Waals surface area contributed by atoms with Gasteiger partial charge in [-0.05, 0) is 25.2 Å². The number of rotatable bonds is 3. The summed E-state index contributed by atoms with van der Waals surface area (Å²) in [6.45, 7) is 4.51. The standard InChI is InChI=1S/C12H23NO3/c1-2-12(14,8-13)10-3-5-16-11(7-10)4-6-15-9-11/h10,14H,2-9,13H2,1H3. The van der Waals surface area contributed by atoms with Crippen LogP contribution in [0.3, 0.4) is 0 Å². The third-order valence-corrected chi connectivity index (χ3v) is 4.29. The quantitative estimate of drug-likeness (QED) is 0.746. The van der Waals surface area contributed by atoms with Gasteiger partial charge in [-0.15, -0.1) is 0 Å². The lowest BCUT2D eigenvalue weighted by Gasteiger charge is -2.44. The predicted octanol–water partition coefficient (Wildman–Crippen LogP) is 0.672. The van der Waals surface area contributed by atoms with E-state index in [2.05, 4.69) is 0 Å². The molecule has 1 spiro atoms. The number of hydrogen-bond acceptors (Lipinski definition) is 4. The summed E-state index contributed by atoms with van der Waals surface area (Å²) in [4.78, 5) is 0. The van der Waals surface area contributed by atoms with Crippen molar-refractivity contribution in [2.45, 2.75) is 43.8 Å². The first-order valence-electron chi connectivity index (χ1n) is 6.28. The molecule has 0 aromatic heterocycles. The largest absolute Gasteiger partial charge is 0.388 e. The molecule has 4 heteroatoms. The first-order valence-corrected chi connectivity index (χ1v) is 6.28. The first kappa shape index (κ1) is 12.3. The zero-order chi connectivity index (χ0) is 11.6. The third-order valence-electron chi connectivity index (χ3n) is 4.29. The third kappa shape index (κ3) is 2.12. The fraction of sp³-hybridized carbons (Fsp3) is 1.00. The molecule has 3 N–H and O–H groups in total. The van der Waals surface area contributed by atoms with Crippen molar-refractivity contribution in [2.75, 3.05) is 26.4 Å². The van der Waals surface area contributed by atoms with Gasteiger partial charge >= 0.3 is 0 Å². The molecule has 4 nitrogen and oxygen atoms in total. The Morgan fingerprint density at radius 1 is 1.50 bits per heavy atom. The van der Waals surface area contributed by atoms with Gasteiger partial charge in [0.1, 0.15) is 0 Å². The molecule has 94 valence electrons. The molecule has 0 radical (unpaired) electrons. The first-order chi connectivity index (χ1) is 7.64. The summed E-state index contributed by atoms with van der Waals surface area (Å²) < 4.78 is 11.3. The molecular weight excluding hydrogens is 206 g/mol. The molecule has 0 aliphatic carbocycles. The summed E-state index contributed by atoms with van der Waals surface area (Å²) in [7, 11) is 0. The molecule has 0 saturated carbocycles. The molecule has 3 atom stereocenters. The monoisotopic (exact) mass is 229 g/mol. The van der Waals surface area contributed by atoms with Crippen LogP contribution in [-0.4, -0.2) is 42.7 Å². The van der Waals surface area contributed by atoms with Crippen molar-refractivity contribution >= 4 is 0 Å². The van der Waals surface area contributed by atoms with Crippen LogP contribution in [0.25, 0.3) is 0 Å². The summed E-state index contributed by atoms with van der Waals surface area (Å²) in [5.74, 6) is 0.248. The van der Waals surface area contributed by atoms with E-state index < -0.39 is 5.60 Å². The second kappa shape index (κ2) is 4.61. The minimum absolute atomic E-state index is 0.138. The molecule has 0 aromatic rings. The molecule has 0 amide bonds. The van der Waals surface area contributed by atoms with Gasteiger partial charge in [-0.2, -0.15) is 0 Å². The maximum Gasteiger partial charge on any atom is 0.0940 e. The Balaban J connectivity index is 2.06. The van der Waals surface area contributed by atoms with Crippen molar-refractivity contribution in [3.63, 3.8) is 0 Å². The number of hydrogen-bond donors (Lipinski definition) is 2. The van der Waals surface area contributed by atoms with Crippen LogP contribution in [0.1, 0.15) is 32.6 Å². The van der Waals surface area contributed by atoms with Gasteiger partial charge in [-0.1, -0.05) is 6.92 Å². The molecule has 2 heterocycles. The molecule has 2 rings (SSSR count). The second-order valence-electron chi connectivity index (χ2n) is 5.19. The van der Waals surface area contributed by atoms with Gasteiger partial charge in [0.25, 0.3) is 0 Å². The van der Waals surface area contributed by atoms with E-state index in [-0.39, 0.29) is 11.5 Å². The maximum absolute atomic E-state index is 10.5. The summed E-state index contributed by atoms with van der Waals surface area (Å²) in [5, 5.41) is 10.5. The smallest absolute Gasteiger partial charge is 0.0940 e. The van der Waals surface area contributed by atoms with Crippen molar-refractivity contribution in [1.29, 1.82) is 0 Å². The highest BCUT2D eigenvalue weighted by atomic mass is 16.6. The van der Waals surface area contributed by atoms with Gasteiger partial charge in [-0.25, -0.2) is 0 Å². The molecule has 2 aliphatic rings. The SMILES string of the molecule is CCC(O)(CN)C1CCOC2(CCOC2)C1. The molecule has 0 aromatic carbocycles. The average molecular weight is 229 g/mol. The molecule has 2 fully saturated rings. The zero-order valence-electron chi connectivity index (χ0n) is 10.1. The molecular formula is C12H23NO3. The van der Waals surface area contributed by atoms with Crippen LogP contribution in [0.15, 0.2) is 0 Å². The van der Waals surface area contributed by atoms with Crippen LogP contribution in [0, 0.1) is 5.92 Å². The van der Waals surface area contributed by atoms with Gasteiger partial charge in [0.15, 0.2) is 0 Å². The Morgan fingerprint density at radius 2 is 2.31 bits per heavy atom. The normalized spacial score (nSPS) is 38.8. The lowest BCUT2D eigenvalue weighted by Crippen LogP contribution is -2.52. The van der Waals surface area contributed by atoms with Crippen LogP contribution in [-0.2, 0) is 9.47 Å². The highest BCUT2D eigenvalue weighted by Crippen LogP contribution is 2.40. The van der Waals surface area contributed by atoms with E-state index in [1.54, 1.807) is 0 Å². The van der Waals surface area contributed by atoms with Crippen molar-refractivity contribution in [3.8, 4) is 0 Å². The highest BCUT2D eigenvalue weighted by Gasteiger charge is 2.46. The number of ether oxygens (including phenoxy) is 2. The van der Waals surface area contributed by atoms with Crippen LogP contribution in [0.4, 0.5) is 0 Å². The van der Waals surface area contributed by atoms with E-state index in [0.29, 0.717) is 19.6 Å². The molecule has 2 aliphatic heterocycles. The Kier molecular flexibility index (Phi) is 3.54. The van der Waals surface area contributed by atoms with E-state index in [9.17, 15) is 5.11 Å². The molecule has 16 heavy (non-hydrogen) atoms. The van der Waals surface area contributed by atoms with E-state index in [0.717, 1.165) is 32.5 Å². The van der Waals surface area contributed by atoms with E-state index in [1.165, 1.54) is 0 Å². The highest BCUT2D eigenvalue weighted by molar-refractivity contribution is 4.97. The average Bonchev–Trinajstić information content (AvgIpc) is 2.76. The van der Waals surface area contributed by atoms with Gasteiger partial charge in [0.05, 0.1) is 17.8 Å². The maximum atomic E-state index is 10.5. The number of nitrogens with two attached hydrogens (primary N) is 1. The molecule has 3 unspecified atom stereocenters. The van der Waals surface area contributed by atoms with Crippen molar-refractivity contribution in [3.05, 3.63) is 0 Å². The van der Waals surface area contributed by atoms with Gasteiger partial charge in [0.2, 0.25) is 0 Å². The zero-order valence-corrected chi connectivity index (χ0v) is 10.1. The lowest BCUT2D eigenvalue weighted by atomic mass is 9.74. The number of aliphatic hydroxyl groups is 1. The summed E-state index contributed by atoms with van der Waals surface area (Å²) in [6.07, 6.45) is 3.46. The second-order valence-corrected chi connectivity index (χ2v) is 5.19. The van der Waals surface area contributed by atoms with Gasteiger partial charge < -0.3 is 20.3 Å². The van der Waals surface area contributed by atoms with Crippen LogP contribution >= 0.6 is 0 Å². The Labute approximate surface area is 97.1 Å². The Hall–Kier alpha value is -0.160.